The quantitative estimate of drug-likeness (QED) is 0.814. The molecule has 0 aliphatic rings. The molecule has 128 valence electrons. The zero-order chi connectivity index (χ0) is 17.7. The van der Waals surface area contributed by atoms with Crippen molar-refractivity contribution in [3.63, 3.8) is 0 Å². The van der Waals surface area contributed by atoms with Gasteiger partial charge in [0, 0.05) is 17.7 Å². The Labute approximate surface area is 140 Å². The lowest BCUT2D eigenvalue weighted by atomic mass is 10.1. The van der Waals surface area contributed by atoms with Gasteiger partial charge < -0.3 is 19.6 Å². The zero-order valence-corrected chi connectivity index (χ0v) is 14.0. The lowest BCUT2D eigenvalue weighted by Gasteiger charge is -2.14. The van der Waals surface area contributed by atoms with Crippen LogP contribution in [-0.2, 0) is 17.8 Å². The van der Waals surface area contributed by atoms with Crippen LogP contribution >= 0.6 is 0 Å². The van der Waals surface area contributed by atoms with E-state index in [1.165, 1.54) is 6.26 Å². The van der Waals surface area contributed by atoms with Crippen LogP contribution in [0.25, 0.3) is 0 Å². The Balaban J connectivity index is 2.12. The van der Waals surface area contributed by atoms with E-state index in [9.17, 15) is 9.59 Å². The SMILES string of the molecule is Cc1coc(CC(=O)O)c1C(=O)NCc1ccccc1OC(C)C. The van der Waals surface area contributed by atoms with Crippen LogP contribution in [0.4, 0.5) is 0 Å². The fourth-order valence-corrected chi connectivity index (χ4v) is 2.35. The van der Waals surface area contributed by atoms with Gasteiger partial charge in [0.1, 0.15) is 17.9 Å². The fraction of sp³-hybridized carbons (Fsp3) is 0.333. The van der Waals surface area contributed by atoms with E-state index in [0.29, 0.717) is 11.3 Å². The van der Waals surface area contributed by atoms with Crippen molar-refractivity contribution in [1.29, 1.82) is 0 Å². The summed E-state index contributed by atoms with van der Waals surface area (Å²) in [5, 5.41) is 11.7. The van der Waals surface area contributed by atoms with E-state index in [0.717, 1.165) is 5.56 Å². The summed E-state index contributed by atoms with van der Waals surface area (Å²) in [6.45, 7) is 5.85. The normalized spacial score (nSPS) is 10.7. The number of aliphatic carboxylic acids is 1. The Morgan fingerprint density at radius 2 is 2.00 bits per heavy atom. The molecule has 0 spiro atoms. The summed E-state index contributed by atoms with van der Waals surface area (Å²) in [6, 6.07) is 7.46. The number of hydrogen-bond donors (Lipinski definition) is 2. The van der Waals surface area contributed by atoms with Crippen LogP contribution in [0.2, 0.25) is 0 Å². The molecule has 0 bridgehead atoms. The Bertz CT molecular complexity index is 733. The van der Waals surface area contributed by atoms with Gasteiger partial charge in [-0.1, -0.05) is 18.2 Å². The molecular weight excluding hydrogens is 310 g/mol. The lowest BCUT2D eigenvalue weighted by molar-refractivity contribution is -0.136. The van der Waals surface area contributed by atoms with E-state index < -0.39 is 5.97 Å². The van der Waals surface area contributed by atoms with Crippen LogP contribution in [0, 0.1) is 6.92 Å². The molecule has 1 aromatic heterocycles. The average molecular weight is 331 g/mol. The molecule has 0 aliphatic carbocycles. The summed E-state index contributed by atoms with van der Waals surface area (Å²) in [5.74, 6) is -0.544. The molecule has 6 nitrogen and oxygen atoms in total. The van der Waals surface area contributed by atoms with Crippen molar-refractivity contribution >= 4 is 11.9 Å². The highest BCUT2D eigenvalue weighted by Crippen LogP contribution is 2.21. The Kier molecular flexibility index (Phi) is 5.63. The van der Waals surface area contributed by atoms with Gasteiger partial charge in [0.25, 0.3) is 5.91 Å². The fourth-order valence-electron chi connectivity index (χ4n) is 2.35. The second-order valence-electron chi connectivity index (χ2n) is 5.74. The number of rotatable bonds is 7. The number of aryl methyl sites for hydroxylation is 1. The smallest absolute Gasteiger partial charge is 0.311 e. The van der Waals surface area contributed by atoms with Crippen LogP contribution in [-0.4, -0.2) is 23.1 Å². The second-order valence-corrected chi connectivity index (χ2v) is 5.74. The Morgan fingerprint density at radius 3 is 2.67 bits per heavy atom. The van der Waals surface area contributed by atoms with Gasteiger partial charge in [-0.15, -0.1) is 0 Å². The first-order valence-corrected chi connectivity index (χ1v) is 7.70. The van der Waals surface area contributed by atoms with Gasteiger partial charge >= 0.3 is 5.97 Å². The topological polar surface area (TPSA) is 88.8 Å². The third kappa shape index (κ3) is 4.38. The van der Waals surface area contributed by atoms with Gasteiger partial charge in [-0.25, -0.2) is 0 Å². The molecule has 0 saturated heterocycles. The molecule has 2 aromatic rings. The van der Waals surface area contributed by atoms with Crippen molar-refractivity contribution in [3.05, 3.63) is 53.0 Å². The molecule has 2 rings (SSSR count). The number of furan rings is 1. The van der Waals surface area contributed by atoms with Crippen LogP contribution < -0.4 is 10.1 Å². The molecule has 1 heterocycles. The summed E-state index contributed by atoms with van der Waals surface area (Å²) in [4.78, 5) is 23.3. The monoisotopic (exact) mass is 331 g/mol. The Morgan fingerprint density at radius 1 is 1.29 bits per heavy atom. The minimum absolute atomic E-state index is 0.0279. The number of hydrogen-bond acceptors (Lipinski definition) is 4. The predicted octanol–water partition coefficient (Wildman–Crippen LogP) is 2.93. The molecule has 0 atom stereocenters. The predicted molar refractivity (Wildman–Crippen MR) is 88.2 cm³/mol. The maximum absolute atomic E-state index is 12.4. The molecule has 0 unspecified atom stereocenters. The maximum Gasteiger partial charge on any atom is 0.311 e. The molecule has 1 amide bonds. The largest absolute Gasteiger partial charge is 0.491 e. The summed E-state index contributed by atoms with van der Waals surface area (Å²) in [5.41, 5.74) is 1.73. The summed E-state index contributed by atoms with van der Waals surface area (Å²) < 4.78 is 10.9. The van der Waals surface area contributed by atoms with Crippen molar-refractivity contribution in [2.24, 2.45) is 0 Å². The zero-order valence-electron chi connectivity index (χ0n) is 14.0. The van der Waals surface area contributed by atoms with Crippen LogP contribution in [0.5, 0.6) is 5.75 Å². The number of para-hydroxylation sites is 1. The number of carboxylic acids is 1. The number of carbonyl (C=O) groups is 2. The van der Waals surface area contributed by atoms with E-state index in [1.54, 1.807) is 6.92 Å². The van der Waals surface area contributed by atoms with E-state index in [2.05, 4.69) is 5.32 Å². The third-order valence-corrected chi connectivity index (χ3v) is 3.36. The number of carboxylic acid groups (broad SMARTS) is 1. The van der Waals surface area contributed by atoms with Gasteiger partial charge in [-0.05, 0) is 26.8 Å². The minimum atomic E-state index is -1.05. The molecule has 2 N–H and O–H groups in total. The first-order valence-electron chi connectivity index (χ1n) is 7.70. The first kappa shape index (κ1) is 17.6. The average Bonchev–Trinajstić information content (AvgIpc) is 2.85. The van der Waals surface area contributed by atoms with Gasteiger partial charge in [-0.2, -0.15) is 0 Å². The molecule has 0 aliphatic heterocycles. The van der Waals surface area contributed by atoms with Crippen molar-refractivity contribution in [2.75, 3.05) is 0 Å². The van der Waals surface area contributed by atoms with Gasteiger partial charge in [0.05, 0.1) is 17.9 Å². The van der Waals surface area contributed by atoms with Gasteiger partial charge in [0.15, 0.2) is 0 Å². The summed E-state index contributed by atoms with van der Waals surface area (Å²) in [6.07, 6.45) is 1.09. The lowest BCUT2D eigenvalue weighted by Crippen LogP contribution is -2.25. The van der Waals surface area contributed by atoms with Crippen molar-refractivity contribution < 1.29 is 23.8 Å². The molecular formula is C18H21NO5. The van der Waals surface area contributed by atoms with E-state index in [1.807, 2.05) is 38.1 Å². The minimum Gasteiger partial charge on any atom is -0.491 e. The Hall–Kier alpha value is -2.76. The highest BCUT2D eigenvalue weighted by atomic mass is 16.5. The molecule has 1 aromatic carbocycles. The molecule has 0 fully saturated rings. The number of benzene rings is 1. The summed E-state index contributed by atoms with van der Waals surface area (Å²) in [7, 11) is 0. The first-order chi connectivity index (χ1) is 11.4. The van der Waals surface area contributed by atoms with Crippen LogP contribution in [0.1, 0.15) is 41.1 Å². The highest BCUT2D eigenvalue weighted by Gasteiger charge is 2.20. The maximum atomic E-state index is 12.4. The number of ether oxygens (including phenoxy) is 1. The molecule has 0 radical (unpaired) electrons. The molecule has 24 heavy (non-hydrogen) atoms. The highest BCUT2D eigenvalue weighted by molar-refractivity contribution is 5.97. The standard InChI is InChI=1S/C18H21NO5/c1-11(2)24-14-7-5-4-6-13(14)9-19-18(22)17-12(3)10-23-15(17)8-16(20)21/h4-7,10-11H,8-9H2,1-3H3,(H,19,22)(H,20,21). The molecule has 6 heteroatoms. The number of carbonyl (C=O) groups excluding carboxylic acids is 1. The van der Waals surface area contributed by atoms with Crippen molar-refractivity contribution in [3.8, 4) is 5.75 Å². The van der Waals surface area contributed by atoms with Crippen LogP contribution in [0.3, 0.4) is 0 Å². The summed E-state index contributed by atoms with van der Waals surface area (Å²) >= 11 is 0. The van der Waals surface area contributed by atoms with E-state index in [4.69, 9.17) is 14.3 Å². The third-order valence-electron chi connectivity index (χ3n) is 3.36. The van der Waals surface area contributed by atoms with Crippen LogP contribution in [0.15, 0.2) is 34.9 Å². The van der Waals surface area contributed by atoms with Gasteiger partial charge in [-0.3, -0.25) is 9.59 Å². The number of nitrogens with one attached hydrogen (secondary N) is 1. The van der Waals surface area contributed by atoms with Gasteiger partial charge in [0.2, 0.25) is 0 Å². The number of amides is 1. The van der Waals surface area contributed by atoms with E-state index >= 15 is 0 Å². The van der Waals surface area contributed by atoms with Crippen molar-refractivity contribution in [2.45, 2.75) is 39.8 Å². The van der Waals surface area contributed by atoms with Crippen molar-refractivity contribution in [1.82, 2.24) is 5.32 Å². The second kappa shape index (κ2) is 7.68. The molecule has 0 saturated carbocycles. The van der Waals surface area contributed by atoms with E-state index in [-0.39, 0.29) is 36.3 Å².